The molecule has 6 rings (SSSR count). The van der Waals surface area contributed by atoms with Crippen molar-refractivity contribution in [3.63, 3.8) is 0 Å². The second kappa shape index (κ2) is 14.7. The molecule has 0 aliphatic rings. The van der Waals surface area contributed by atoms with Gasteiger partial charge in [-0.15, -0.1) is 0 Å². The third-order valence-electron chi connectivity index (χ3n) is 7.24. The minimum atomic E-state index is -4.65. The van der Waals surface area contributed by atoms with Crippen LogP contribution in [0.4, 0.5) is 48.3 Å². The van der Waals surface area contributed by atoms with E-state index in [1.807, 2.05) is 0 Å². The van der Waals surface area contributed by atoms with Crippen molar-refractivity contribution < 1.29 is 57.8 Å². The monoisotopic (exact) mass is 782 g/mol. The summed E-state index contributed by atoms with van der Waals surface area (Å²) in [5.74, 6) is -10.1. The van der Waals surface area contributed by atoms with Crippen molar-refractivity contribution in [3.8, 4) is 46.2 Å². The van der Waals surface area contributed by atoms with Crippen LogP contribution in [0.1, 0.15) is 36.9 Å². The van der Waals surface area contributed by atoms with Crippen LogP contribution >= 0.6 is 0 Å². The predicted octanol–water partition coefficient (Wildman–Crippen LogP) is 8.78. The maximum Gasteiger partial charge on any atom is 0.422 e. The van der Waals surface area contributed by atoms with Crippen molar-refractivity contribution in [1.82, 2.24) is 28.7 Å². The first-order valence-electron chi connectivity index (χ1n) is 15.2. The fraction of sp³-hybridized carbons (Fsp3) is 0.235. The maximum absolute atomic E-state index is 14.0. The number of fused-ring (bicyclic) bond motifs is 2. The van der Waals surface area contributed by atoms with Crippen LogP contribution in [0.5, 0.6) is 11.8 Å². The predicted molar refractivity (Wildman–Crippen MR) is 168 cm³/mol. The molecule has 0 unspecified atom stereocenters. The summed E-state index contributed by atoms with van der Waals surface area (Å²) in [6.45, 7) is -1.89. The molecule has 21 heteroatoms. The Balaban J connectivity index is 0.000000211. The van der Waals surface area contributed by atoms with Crippen LogP contribution in [0.3, 0.4) is 0 Å². The Morgan fingerprint density at radius 1 is 0.618 bits per heavy atom. The largest absolute Gasteiger partial charge is 0.468 e. The Kier molecular flexibility index (Phi) is 10.6. The molecule has 0 bridgehead atoms. The van der Waals surface area contributed by atoms with Gasteiger partial charge in [-0.1, -0.05) is 12.1 Å². The number of rotatable bonds is 8. The zero-order valence-corrected chi connectivity index (χ0v) is 27.8. The van der Waals surface area contributed by atoms with Gasteiger partial charge in [-0.3, -0.25) is 8.80 Å². The van der Waals surface area contributed by atoms with Gasteiger partial charge < -0.3 is 9.47 Å². The quantitative estimate of drug-likeness (QED) is 0.140. The first-order valence-corrected chi connectivity index (χ1v) is 15.2. The van der Waals surface area contributed by atoms with E-state index < -0.39 is 60.8 Å². The first kappa shape index (κ1) is 39.7. The molecule has 6 aromatic rings. The SMILES string of the molecule is CC(F)(F)c1nc(C#N)c2ccc(-c3ccc(OCC(F)(F)F)nc3)cn12.CC(F)(F)c1nc(C#N)c2ccc(-c3cnc(OCC(F)(F)F)c(F)c3)cn12. The van der Waals surface area contributed by atoms with Crippen molar-refractivity contribution in [3.05, 3.63) is 96.1 Å². The maximum atomic E-state index is 14.0. The number of halogens is 11. The van der Waals surface area contributed by atoms with Crippen molar-refractivity contribution in [2.45, 2.75) is 38.0 Å². The molecule has 0 aliphatic carbocycles. The molecule has 0 fully saturated rings. The minimum absolute atomic E-state index is 0.108. The van der Waals surface area contributed by atoms with Crippen LogP contribution in [0.25, 0.3) is 33.3 Å². The summed E-state index contributed by atoms with van der Waals surface area (Å²) in [7, 11) is 0. The summed E-state index contributed by atoms with van der Waals surface area (Å²) in [4.78, 5) is 14.6. The van der Waals surface area contributed by atoms with Crippen molar-refractivity contribution in [1.29, 1.82) is 10.5 Å². The number of hydrogen-bond donors (Lipinski definition) is 0. The van der Waals surface area contributed by atoms with Crippen LogP contribution in [0.15, 0.2) is 67.3 Å². The molecule has 286 valence electrons. The fourth-order valence-corrected chi connectivity index (χ4v) is 4.93. The zero-order chi connectivity index (χ0) is 40.5. The highest BCUT2D eigenvalue weighted by molar-refractivity contribution is 5.69. The van der Waals surface area contributed by atoms with Crippen LogP contribution in [0.2, 0.25) is 0 Å². The number of nitriles is 2. The number of hydrogen-bond acceptors (Lipinski definition) is 8. The molecule has 0 radical (unpaired) electrons. The number of imidazole rings is 2. The van der Waals surface area contributed by atoms with Crippen LogP contribution in [-0.4, -0.2) is 54.3 Å². The first-order chi connectivity index (χ1) is 25.6. The summed E-state index contributed by atoms with van der Waals surface area (Å²) in [5.41, 5.74) is 1.27. The number of nitrogens with zero attached hydrogens (tertiary/aromatic N) is 8. The Hall–Kier alpha value is -6.51. The number of aromatic nitrogens is 6. The molecule has 55 heavy (non-hydrogen) atoms. The van der Waals surface area contributed by atoms with Gasteiger partial charge in [0.2, 0.25) is 5.88 Å². The van der Waals surface area contributed by atoms with E-state index >= 15 is 0 Å². The van der Waals surface area contributed by atoms with Gasteiger partial charge in [0.05, 0.1) is 11.0 Å². The molecule has 0 amide bonds. The third-order valence-corrected chi connectivity index (χ3v) is 7.24. The number of alkyl halides is 10. The van der Waals surface area contributed by atoms with Gasteiger partial charge in [-0.25, -0.2) is 24.3 Å². The van der Waals surface area contributed by atoms with Crippen molar-refractivity contribution >= 4 is 11.0 Å². The summed E-state index contributed by atoms with van der Waals surface area (Å²) in [6, 6.07) is 12.9. The zero-order valence-electron chi connectivity index (χ0n) is 27.8. The Labute approximate surface area is 301 Å². The molecule has 6 heterocycles. The lowest BCUT2D eigenvalue weighted by molar-refractivity contribution is -0.154. The van der Waals surface area contributed by atoms with E-state index in [1.165, 1.54) is 48.9 Å². The highest BCUT2D eigenvalue weighted by Gasteiger charge is 2.33. The molecular weight excluding hydrogens is 761 g/mol. The van der Waals surface area contributed by atoms with Gasteiger partial charge in [-0.05, 0) is 29.8 Å². The molecule has 0 aliphatic heterocycles. The summed E-state index contributed by atoms with van der Waals surface area (Å²) in [5, 5.41) is 18.1. The van der Waals surface area contributed by atoms with Crippen LogP contribution in [-0.2, 0) is 11.8 Å². The van der Waals surface area contributed by atoms with Crippen molar-refractivity contribution in [2.75, 3.05) is 13.2 Å². The number of pyridine rings is 4. The molecule has 0 saturated heterocycles. The molecule has 10 nitrogen and oxygen atoms in total. The molecule has 0 aromatic carbocycles. The average molecular weight is 783 g/mol. The molecule has 0 saturated carbocycles. The van der Waals surface area contributed by atoms with Gasteiger partial charge in [0.15, 0.2) is 42.1 Å². The van der Waals surface area contributed by atoms with E-state index in [4.69, 9.17) is 10.5 Å². The van der Waals surface area contributed by atoms with E-state index in [9.17, 15) is 48.3 Å². The lowest BCUT2D eigenvalue weighted by atomic mass is 10.1. The summed E-state index contributed by atoms with van der Waals surface area (Å²) in [6.07, 6.45) is -4.25. The van der Waals surface area contributed by atoms with Gasteiger partial charge in [0, 0.05) is 61.4 Å². The normalized spacial score (nSPS) is 12.2. The van der Waals surface area contributed by atoms with E-state index in [0.29, 0.717) is 25.0 Å². The fourth-order valence-electron chi connectivity index (χ4n) is 4.93. The smallest absolute Gasteiger partial charge is 0.422 e. The van der Waals surface area contributed by atoms with E-state index in [-0.39, 0.29) is 39.4 Å². The highest BCUT2D eigenvalue weighted by Crippen LogP contribution is 2.33. The summed E-state index contributed by atoms with van der Waals surface area (Å²) >= 11 is 0. The Bertz CT molecular complexity index is 2430. The number of ether oxygens (including phenoxy) is 2. The molecule has 0 atom stereocenters. The Morgan fingerprint density at radius 2 is 1.07 bits per heavy atom. The van der Waals surface area contributed by atoms with Gasteiger partial charge in [0.1, 0.15) is 12.1 Å². The van der Waals surface area contributed by atoms with Gasteiger partial charge in [0.25, 0.3) is 5.88 Å². The van der Waals surface area contributed by atoms with Gasteiger partial charge >= 0.3 is 24.2 Å². The molecule has 6 aromatic heterocycles. The molecular formula is C34H21F11N8O2. The van der Waals surface area contributed by atoms with Gasteiger partial charge in [-0.2, -0.15) is 54.4 Å². The second-order valence-corrected chi connectivity index (χ2v) is 11.6. The summed E-state index contributed by atoms with van der Waals surface area (Å²) < 4.78 is 153. The molecule has 0 N–H and O–H groups in total. The lowest BCUT2D eigenvalue weighted by Crippen LogP contribution is -2.20. The second-order valence-electron chi connectivity index (χ2n) is 11.6. The standard InChI is InChI=1S/C17H10F6N4O.C17H11F5N4O/c1-16(19,20)15-26-12(5-24)13-3-2-9(7-27(13)15)10-4-11(18)14(25-6-10)28-8-17(21,22)23;1-16(18,19)15-25-12(6-23)13-4-2-11(8-26(13)15)10-3-5-14(24-7-10)27-9-17(20,21)22/h2-4,6-7H,8H2,1H3;2-5,7-8H,9H2,1H3. The highest BCUT2D eigenvalue weighted by atomic mass is 19.4. The van der Waals surface area contributed by atoms with E-state index in [2.05, 4.69) is 29.4 Å². The minimum Gasteiger partial charge on any atom is -0.468 e. The third kappa shape index (κ3) is 9.36. The van der Waals surface area contributed by atoms with Crippen LogP contribution in [0, 0.1) is 28.5 Å². The van der Waals surface area contributed by atoms with E-state index in [0.717, 1.165) is 21.1 Å². The lowest BCUT2D eigenvalue weighted by Gasteiger charge is -2.11. The topological polar surface area (TPSA) is 126 Å². The Morgan fingerprint density at radius 3 is 1.49 bits per heavy atom. The van der Waals surface area contributed by atoms with Crippen LogP contribution < -0.4 is 9.47 Å². The average Bonchev–Trinajstić information content (AvgIpc) is 3.68. The van der Waals surface area contributed by atoms with E-state index in [1.54, 1.807) is 18.2 Å². The molecule has 0 spiro atoms. The van der Waals surface area contributed by atoms with Crippen molar-refractivity contribution in [2.24, 2.45) is 0 Å².